The molecule has 0 atom stereocenters. The lowest BCUT2D eigenvalue weighted by atomic mass is 10.1. The normalized spacial score (nSPS) is 11.1. The van der Waals surface area contributed by atoms with Crippen molar-refractivity contribution in [2.75, 3.05) is 6.54 Å². The number of nitrogens with one attached hydrogen (secondary N) is 2. The Balaban J connectivity index is 1.82. The maximum atomic E-state index is 13.4. The van der Waals surface area contributed by atoms with E-state index in [0.29, 0.717) is 11.6 Å². The van der Waals surface area contributed by atoms with E-state index in [1.165, 1.54) is 12.1 Å². The molecule has 0 heterocycles. The quantitative estimate of drug-likeness (QED) is 0.793. The van der Waals surface area contributed by atoms with E-state index in [9.17, 15) is 31.5 Å². The Labute approximate surface area is 145 Å². The summed E-state index contributed by atoms with van der Waals surface area (Å²) in [6.45, 7) is -0.520. The van der Waals surface area contributed by atoms with E-state index in [1.54, 1.807) is 0 Å². The van der Waals surface area contributed by atoms with E-state index in [0.717, 1.165) is 24.3 Å². The second-order valence-corrected chi connectivity index (χ2v) is 5.28. The van der Waals surface area contributed by atoms with Gasteiger partial charge in [0.2, 0.25) is 5.91 Å². The molecule has 2 rings (SSSR count). The zero-order valence-corrected chi connectivity index (χ0v) is 13.2. The first-order valence-corrected chi connectivity index (χ1v) is 7.33. The van der Waals surface area contributed by atoms with Gasteiger partial charge in [-0.2, -0.15) is 13.2 Å². The summed E-state index contributed by atoms with van der Waals surface area (Å²) in [5.41, 5.74) is -0.787. The highest BCUT2D eigenvalue weighted by molar-refractivity contribution is 5.96. The first-order valence-electron chi connectivity index (χ1n) is 7.33. The molecule has 0 bridgehead atoms. The van der Waals surface area contributed by atoms with Crippen molar-refractivity contribution in [3.8, 4) is 0 Å². The van der Waals surface area contributed by atoms with Crippen LogP contribution in [-0.2, 0) is 17.5 Å². The number of carbonyl (C=O) groups is 2. The lowest BCUT2D eigenvalue weighted by Crippen LogP contribution is -2.36. The van der Waals surface area contributed by atoms with Crippen LogP contribution in [0.2, 0.25) is 0 Å². The number of benzene rings is 2. The molecular weight excluding hydrogens is 359 g/mol. The molecule has 0 aliphatic heterocycles. The van der Waals surface area contributed by atoms with Gasteiger partial charge in [0.15, 0.2) is 0 Å². The molecule has 0 aliphatic carbocycles. The van der Waals surface area contributed by atoms with Gasteiger partial charge in [0, 0.05) is 12.6 Å². The van der Waals surface area contributed by atoms with Crippen molar-refractivity contribution in [2.45, 2.75) is 12.7 Å². The van der Waals surface area contributed by atoms with Gasteiger partial charge in [-0.15, -0.1) is 0 Å². The van der Waals surface area contributed by atoms with Crippen molar-refractivity contribution >= 4 is 11.8 Å². The summed E-state index contributed by atoms with van der Waals surface area (Å²) >= 11 is 0. The summed E-state index contributed by atoms with van der Waals surface area (Å²) in [5.74, 6) is -3.42. The van der Waals surface area contributed by atoms with Crippen LogP contribution < -0.4 is 10.6 Å². The molecule has 2 aromatic carbocycles. The van der Waals surface area contributed by atoms with Crippen LogP contribution in [0.1, 0.15) is 21.5 Å². The first kappa shape index (κ1) is 19.4. The van der Waals surface area contributed by atoms with Gasteiger partial charge in [0.1, 0.15) is 11.6 Å². The molecule has 0 fully saturated rings. The van der Waals surface area contributed by atoms with Crippen molar-refractivity contribution in [3.05, 3.63) is 70.8 Å². The Kier molecular flexibility index (Phi) is 5.91. The molecular formula is C17H13F5N2O2. The highest BCUT2D eigenvalue weighted by atomic mass is 19.4. The number of alkyl halides is 3. The molecule has 2 N–H and O–H groups in total. The molecule has 0 radical (unpaired) electrons. The van der Waals surface area contributed by atoms with Crippen LogP contribution in [0.25, 0.3) is 0 Å². The molecule has 4 nitrogen and oxygen atoms in total. The van der Waals surface area contributed by atoms with Crippen LogP contribution in [0.15, 0.2) is 42.5 Å². The van der Waals surface area contributed by atoms with Crippen molar-refractivity contribution in [3.63, 3.8) is 0 Å². The number of amides is 2. The minimum Gasteiger partial charge on any atom is -0.350 e. The Morgan fingerprint density at radius 3 is 2.15 bits per heavy atom. The van der Waals surface area contributed by atoms with E-state index in [-0.39, 0.29) is 6.54 Å². The van der Waals surface area contributed by atoms with Gasteiger partial charge in [-0.25, -0.2) is 8.78 Å². The lowest BCUT2D eigenvalue weighted by Gasteiger charge is -2.09. The maximum Gasteiger partial charge on any atom is 0.416 e. The summed E-state index contributed by atoms with van der Waals surface area (Å²) < 4.78 is 63.5. The molecule has 0 aliphatic rings. The third-order valence-corrected chi connectivity index (χ3v) is 3.36. The average Bonchev–Trinajstić information content (AvgIpc) is 2.57. The highest BCUT2D eigenvalue weighted by Gasteiger charge is 2.29. The average molecular weight is 372 g/mol. The number of rotatable bonds is 5. The SMILES string of the molecule is O=C(CNC(=O)c1ccc(F)cc1F)NCc1ccc(C(F)(F)F)cc1. The number of carbonyl (C=O) groups excluding carboxylic acids is 2. The lowest BCUT2D eigenvalue weighted by molar-refractivity contribution is -0.137. The second-order valence-electron chi connectivity index (χ2n) is 5.28. The smallest absolute Gasteiger partial charge is 0.350 e. The van der Waals surface area contributed by atoms with E-state index in [4.69, 9.17) is 0 Å². The van der Waals surface area contributed by atoms with Gasteiger partial charge in [-0.1, -0.05) is 12.1 Å². The zero-order chi connectivity index (χ0) is 19.3. The van der Waals surface area contributed by atoms with Gasteiger partial charge in [0.25, 0.3) is 5.91 Å². The van der Waals surface area contributed by atoms with Crippen LogP contribution in [0.4, 0.5) is 22.0 Å². The van der Waals surface area contributed by atoms with E-state index in [2.05, 4.69) is 10.6 Å². The summed E-state index contributed by atoms with van der Waals surface area (Å²) in [6.07, 6.45) is -4.44. The molecule has 0 aromatic heterocycles. The van der Waals surface area contributed by atoms with Crippen molar-refractivity contribution in [1.29, 1.82) is 0 Å². The van der Waals surface area contributed by atoms with E-state index in [1.807, 2.05) is 0 Å². The third-order valence-electron chi connectivity index (χ3n) is 3.36. The summed E-state index contributed by atoms with van der Waals surface area (Å²) in [5, 5.41) is 4.56. The minimum absolute atomic E-state index is 0.0439. The Morgan fingerprint density at radius 1 is 0.923 bits per heavy atom. The molecule has 9 heteroatoms. The Morgan fingerprint density at radius 2 is 1.58 bits per heavy atom. The van der Waals surface area contributed by atoms with Crippen LogP contribution in [0.3, 0.4) is 0 Å². The van der Waals surface area contributed by atoms with Crippen molar-refractivity contribution in [2.24, 2.45) is 0 Å². The fourth-order valence-electron chi connectivity index (χ4n) is 2.00. The van der Waals surface area contributed by atoms with Gasteiger partial charge >= 0.3 is 6.18 Å². The van der Waals surface area contributed by atoms with E-state index < -0.39 is 47.3 Å². The molecule has 138 valence electrons. The largest absolute Gasteiger partial charge is 0.416 e. The van der Waals surface area contributed by atoms with Gasteiger partial charge < -0.3 is 10.6 Å². The molecule has 2 amide bonds. The summed E-state index contributed by atoms with van der Waals surface area (Å²) in [4.78, 5) is 23.4. The van der Waals surface area contributed by atoms with Crippen LogP contribution in [-0.4, -0.2) is 18.4 Å². The fraction of sp³-hybridized carbons (Fsp3) is 0.176. The Hall–Kier alpha value is -2.97. The monoisotopic (exact) mass is 372 g/mol. The maximum absolute atomic E-state index is 13.4. The molecule has 0 spiro atoms. The third kappa shape index (κ3) is 5.27. The second kappa shape index (κ2) is 7.94. The minimum atomic E-state index is -4.44. The van der Waals surface area contributed by atoms with Crippen LogP contribution in [0, 0.1) is 11.6 Å². The number of hydrogen-bond donors (Lipinski definition) is 2. The molecule has 0 unspecified atom stereocenters. The number of halogens is 5. The van der Waals surface area contributed by atoms with Crippen LogP contribution in [0.5, 0.6) is 0 Å². The van der Waals surface area contributed by atoms with Gasteiger partial charge in [-0.05, 0) is 29.8 Å². The molecule has 2 aromatic rings. The fourth-order valence-corrected chi connectivity index (χ4v) is 2.00. The number of hydrogen-bond acceptors (Lipinski definition) is 2. The highest BCUT2D eigenvalue weighted by Crippen LogP contribution is 2.29. The summed E-state index contributed by atoms with van der Waals surface area (Å²) in [6, 6.07) is 6.61. The van der Waals surface area contributed by atoms with Crippen LogP contribution >= 0.6 is 0 Å². The molecule has 0 saturated heterocycles. The van der Waals surface area contributed by atoms with Crippen molar-refractivity contribution in [1.82, 2.24) is 10.6 Å². The molecule has 26 heavy (non-hydrogen) atoms. The first-order chi connectivity index (χ1) is 12.2. The summed E-state index contributed by atoms with van der Waals surface area (Å²) in [7, 11) is 0. The van der Waals surface area contributed by atoms with Gasteiger partial charge in [-0.3, -0.25) is 9.59 Å². The Bertz CT molecular complexity index is 804. The predicted octanol–water partition coefficient (Wildman–Crippen LogP) is 3.03. The standard InChI is InChI=1S/C17H13F5N2O2/c18-12-5-6-13(14(19)7-12)16(26)24-9-15(25)23-8-10-1-3-11(4-2-10)17(20,21)22/h1-7H,8-9H2,(H,23,25)(H,24,26). The topological polar surface area (TPSA) is 58.2 Å². The van der Waals surface area contributed by atoms with Gasteiger partial charge in [0.05, 0.1) is 17.7 Å². The van der Waals surface area contributed by atoms with E-state index >= 15 is 0 Å². The predicted molar refractivity (Wildman–Crippen MR) is 82.0 cm³/mol. The van der Waals surface area contributed by atoms with Crippen molar-refractivity contribution < 1.29 is 31.5 Å². The molecule has 0 saturated carbocycles. The zero-order valence-electron chi connectivity index (χ0n) is 13.2.